The number of carbonyl (C=O) groups excluding carboxylic acids is 4. The SMILES string of the molecule is COc1cccc2c(C(=O)N3CCCCC3COc3ccc4c(c3)CN(C3CCC(=O)NC3=O)C4=O)c[nH]c12. The van der Waals surface area contributed by atoms with Crippen LogP contribution in [0.25, 0.3) is 10.9 Å². The average molecular weight is 531 g/mol. The van der Waals surface area contributed by atoms with Crippen molar-refractivity contribution in [3.8, 4) is 11.5 Å². The zero-order valence-electron chi connectivity index (χ0n) is 21.7. The number of amides is 4. The van der Waals surface area contributed by atoms with Crippen molar-refractivity contribution in [3.63, 3.8) is 0 Å². The van der Waals surface area contributed by atoms with Gasteiger partial charge in [-0.2, -0.15) is 0 Å². The Hall–Kier alpha value is -4.34. The molecule has 0 saturated carbocycles. The molecule has 0 aliphatic carbocycles. The smallest absolute Gasteiger partial charge is 0.256 e. The summed E-state index contributed by atoms with van der Waals surface area (Å²) in [5.74, 6) is 0.306. The van der Waals surface area contributed by atoms with Crippen LogP contribution in [0.1, 0.15) is 58.4 Å². The summed E-state index contributed by atoms with van der Waals surface area (Å²) in [7, 11) is 1.61. The molecule has 10 nitrogen and oxygen atoms in total. The van der Waals surface area contributed by atoms with Gasteiger partial charge in [-0.3, -0.25) is 24.5 Å². The Labute approximate surface area is 225 Å². The molecule has 202 valence electrons. The van der Waals surface area contributed by atoms with Gasteiger partial charge in [-0.05, 0) is 55.5 Å². The van der Waals surface area contributed by atoms with Crippen molar-refractivity contribution < 1.29 is 28.7 Å². The average Bonchev–Trinajstić information content (AvgIpc) is 3.52. The van der Waals surface area contributed by atoms with Gasteiger partial charge in [0.15, 0.2) is 0 Å². The van der Waals surface area contributed by atoms with Crippen LogP contribution in [0, 0.1) is 0 Å². The normalized spacial score (nSPS) is 21.2. The maximum Gasteiger partial charge on any atom is 0.256 e. The van der Waals surface area contributed by atoms with Crippen LogP contribution < -0.4 is 14.8 Å². The van der Waals surface area contributed by atoms with Crippen molar-refractivity contribution in [2.75, 3.05) is 20.3 Å². The maximum absolute atomic E-state index is 13.6. The second-order valence-electron chi connectivity index (χ2n) is 10.3. The van der Waals surface area contributed by atoms with Crippen molar-refractivity contribution in [3.05, 3.63) is 59.3 Å². The number of benzene rings is 2. The number of nitrogens with zero attached hydrogens (tertiary/aromatic N) is 2. The predicted molar refractivity (Wildman–Crippen MR) is 142 cm³/mol. The number of imide groups is 1. The van der Waals surface area contributed by atoms with Crippen LogP contribution in [0.15, 0.2) is 42.6 Å². The molecule has 3 aliphatic rings. The summed E-state index contributed by atoms with van der Waals surface area (Å²) in [5.41, 5.74) is 2.73. The number of hydrogen-bond acceptors (Lipinski definition) is 6. The van der Waals surface area contributed by atoms with Crippen molar-refractivity contribution in [2.24, 2.45) is 0 Å². The van der Waals surface area contributed by atoms with Crippen LogP contribution in [0.2, 0.25) is 0 Å². The zero-order chi connectivity index (χ0) is 27.1. The molecule has 4 amide bonds. The molecule has 2 saturated heterocycles. The fraction of sp³-hybridized carbons (Fsp3) is 0.379. The number of rotatable bonds is 6. The van der Waals surface area contributed by atoms with Crippen molar-refractivity contribution >= 4 is 34.5 Å². The molecule has 0 radical (unpaired) electrons. The zero-order valence-corrected chi connectivity index (χ0v) is 21.7. The number of hydrogen-bond donors (Lipinski definition) is 2. The van der Waals surface area contributed by atoms with E-state index in [1.54, 1.807) is 25.4 Å². The second-order valence-corrected chi connectivity index (χ2v) is 10.3. The number of H-pyrrole nitrogens is 1. The Morgan fingerprint density at radius 2 is 1.97 bits per heavy atom. The van der Waals surface area contributed by atoms with E-state index in [4.69, 9.17) is 9.47 Å². The predicted octanol–water partition coefficient (Wildman–Crippen LogP) is 3.01. The Morgan fingerprint density at radius 1 is 1.10 bits per heavy atom. The molecule has 6 rings (SSSR count). The molecule has 0 bridgehead atoms. The quantitative estimate of drug-likeness (QED) is 0.473. The first kappa shape index (κ1) is 25.0. The minimum atomic E-state index is -0.654. The molecular formula is C29H30N4O6. The minimum absolute atomic E-state index is 0.0396. The van der Waals surface area contributed by atoms with Crippen LogP contribution >= 0.6 is 0 Å². The van der Waals surface area contributed by atoms with Crippen LogP contribution in [0.3, 0.4) is 0 Å². The number of aromatic nitrogens is 1. The number of methoxy groups -OCH3 is 1. The second kappa shape index (κ2) is 10.1. The lowest BCUT2D eigenvalue weighted by Crippen LogP contribution is -2.52. The number of para-hydroxylation sites is 1. The number of piperidine rings is 2. The summed E-state index contributed by atoms with van der Waals surface area (Å²) in [6, 6.07) is 10.2. The van der Waals surface area contributed by atoms with E-state index in [0.717, 1.165) is 35.7 Å². The van der Waals surface area contributed by atoms with Crippen molar-refractivity contribution in [1.82, 2.24) is 20.1 Å². The fourth-order valence-electron chi connectivity index (χ4n) is 5.90. The third kappa shape index (κ3) is 4.49. The van der Waals surface area contributed by atoms with Crippen molar-refractivity contribution in [1.29, 1.82) is 0 Å². The summed E-state index contributed by atoms with van der Waals surface area (Å²) in [6.07, 6.45) is 5.07. The molecule has 3 aliphatic heterocycles. The number of ether oxygens (including phenoxy) is 2. The highest BCUT2D eigenvalue weighted by atomic mass is 16.5. The fourth-order valence-corrected chi connectivity index (χ4v) is 5.90. The van der Waals surface area contributed by atoms with E-state index in [2.05, 4.69) is 10.3 Å². The molecule has 39 heavy (non-hydrogen) atoms. The third-order valence-electron chi connectivity index (χ3n) is 7.95. The third-order valence-corrected chi connectivity index (χ3v) is 7.95. The van der Waals surface area contributed by atoms with Crippen LogP contribution in [0.4, 0.5) is 0 Å². The standard InChI is InChI=1S/C29H30N4O6/c1-38-24-7-4-6-21-22(14-30-26(21)24)29(37)32-12-3-2-5-18(32)16-39-19-8-9-20-17(13-19)15-33(28(20)36)23-10-11-25(34)31-27(23)35/h4,6-9,13-14,18,23,30H,2-3,5,10-12,15-16H2,1H3,(H,31,34,35). The highest BCUT2D eigenvalue weighted by Gasteiger charge is 2.39. The highest BCUT2D eigenvalue weighted by Crippen LogP contribution is 2.32. The van der Waals surface area contributed by atoms with E-state index in [0.29, 0.717) is 42.2 Å². The Morgan fingerprint density at radius 3 is 2.79 bits per heavy atom. The monoisotopic (exact) mass is 530 g/mol. The van der Waals surface area contributed by atoms with E-state index in [1.165, 1.54) is 4.90 Å². The lowest BCUT2D eigenvalue weighted by molar-refractivity contribution is -0.136. The molecular weight excluding hydrogens is 500 g/mol. The molecule has 2 fully saturated rings. The lowest BCUT2D eigenvalue weighted by atomic mass is 10.0. The summed E-state index contributed by atoms with van der Waals surface area (Å²) < 4.78 is 11.6. The van der Waals surface area contributed by atoms with Crippen LogP contribution in [0.5, 0.6) is 11.5 Å². The van der Waals surface area contributed by atoms with Crippen LogP contribution in [-0.4, -0.2) is 70.8 Å². The Kier molecular flexibility index (Phi) is 6.46. The number of carbonyl (C=O) groups is 4. The molecule has 2 unspecified atom stereocenters. The summed E-state index contributed by atoms with van der Waals surface area (Å²) >= 11 is 0. The summed E-state index contributed by atoms with van der Waals surface area (Å²) in [5, 5.41) is 3.15. The largest absolute Gasteiger partial charge is 0.495 e. The molecule has 4 heterocycles. The first-order chi connectivity index (χ1) is 18.9. The molecule has 2 atom stereocenters. The molecule has 1 aromatic heterocycles. The van der Waals surface area contributed by atoms with Crippen LogP contribution in [-0.2, 0) is 16.1 Å². The number of aromatic amines is 1. The maximum atomic E-state index is 13.6. The van der Waals surface area contributed by atoms with Gasteiger partial charge in [-0.1, -0.05) is 12.1 Å². The topological polar surface area (TPSA) is 121 Å². The van der Waals surface area contributed by atoms with Gasteiger partial charge in [0, 0.05) is 36.7 Å². The first-order valence-corrected chi connectivity index (χ1v) is 13.3. The number of nitrogens with one attached hydrogen (secondary N) is 2. The number of fused-ring (bicyclic) bond motifs is 2. The first-order valence-electron chi connectivity index (χ1n) is 13.3. The van der Waals surface area contributed by atoms with Gasteiger partial charge in [-0.25, -0.2) is 0 Å². The van der Waals surface area contributed by atoms with Gasteiger partial charge < -0.3 is 24.3 Å². The lowest BCUT2D eigenvalue weighted by Gasteiger charge is -2.35. The van der Waals surface area contributed by atoms with Crippen molar-refractivity contribution in [2.45, 2.75) is 50.7 Å². The van der Waals surface area contributed by atoms with Gasteiger partial charge >= 0.3 is 0 Å². The van der Waals surface area contributed by atoms with Gasteiger partial charge in [0.1, 0.15) is 24.1 Å². The molecule has 2 aromatic carbocycles. The minimum Gasteiger partial charge on any atom is -0.495 e. The van der Waals surface area contributed by atoms with E-state index >= 15 is 0 Å². The highest BCUT2D eigenvalue weighted by molar-refractivity contribution is 6.08. The summed E-state index contributed by atoms with van der Waals surface area (Å²) in [4.78, 5) is 57.0. The molecule has 0 spiro atoms. The van der Waals surface area contributed by atoms with Gasteiger partial charge in [0.25, 0.3) is 11.8 Å². The molecule has 10 heteroatoms. The van der Waals surface area contributed by atoms with E-state index in [1.807, 2.05) is 29.2 Å². The Bertz CT molecular complexity index is 1480. The van der Waals surface area contributed by atoms with Gasteiger partial charge in [0.05, 0.1) is 24.2 Å². The molecule has 2 N–H and O–H groups in total. The summed E-state index contributed by atoms with van der Waals surface area (Å²) in [6.45, 7) is 1.28. The molecule has 3 aromatic rings. The van der Waals surface area contributed by atoms with E-state index in [-0.39, 0.29) is 36.7 Å². The number of likely N-dealkylation sites (tertiary alicyclic amines) is 1. The van der Waals surface area contributed by atoms with E-state index < -0.39 is 11.9 Å². The Balaban J connectivity index is 1.15. The van der Waals surface area contributed by atoms with Gasteiger partial charge in [-0.15, -0.1) is 0 Å². The van der Waals surface area contributed by atoms with E-state index in [9.17, 15) is 19.2 Å². The van der Waals surface area contributed by atoms with Gasteiger partial charge in [0.2, 0.25) is 11.8 Å².